The molecule has 2 heterocycles. The van der Waals surface area contributed by atoms with E-state index in [-0.39, 0.29) is 11.7 Å². The van der Waals surface area contributed by atoms with Crippen molar-refractivity contribution in [2.24, 2.45) is 22.9 Å². The molecule has 1 aromatic carbocycles. The molecule has 0 N–H and O–H groups in total. The molecule has 5 atom stereocenters. The molecule has 2 unspecified atom stereocenters. The molecule has 0 aromatic heterocycles. The van der Waals surface area contributed by atoms with E-state index in [4.69, 9.17) is 9.47 Å². The van der Waals surface area contributed by atoms with Gasteiger partial charge in [-0.2, -0.15) is 0 Å². The van der Waals surface area contributed by atoms with E-state index in [0.717, 1.165) is 30.4 Å². The Bertz CT molecular complexity index is 784. The molecule has 146 valence electrons. The Balaban J connectivity index is 1.79. The first-order valence-corrected chi connectivity index (χ1v) is 10.3. The molecule has 4 rings (SSSR count). The summed E-state index contributed by atoms with van der Waals surface area (Å²) in [6.07, 6.45) is 8.75. The molecule has 27 heavy (non-hydrogen) atoms. The molecule has 0 radical (unpaired) electrons. The Labute approximate surface area is 162 Å². The highest BCUT2D eigenvalue weighted by Crippen LogP contribution is 2.58. The van der Waals surface area contributed by atoms with E-state index in [9.17, 15) is 4.91 Å². The van der Waals surface area contributed by atoms with Crippen molar-refractivity contribution in [2.45, 2.75) is 77.8 Å². The molecule has 2 saturated heterocycles. The van der Waals surface area contributed by atoms with Gasteiger partial charge in [-0.1, -0.05) is 38.5 Å². The smallest absolute Gasteiger partial charge is 0.172 e. The van der Waals surface area contributed by atoms with Crippen LogP contribution in [0.2, 0.25) is 0 Å². The zero-order valence-corrected chi connectivity index (χ0v) is 17.1. The number of fused-ring (bicyclic) bond motifs is 3. The molecular weight excluding hydrogens is 338 g/mol. The molecule has 4 heteroatoms. The average Bonchev–Trinajstić information content (AvgIpc) is 2.95. The molecule has 0 bridgehead atoms. The second kappa shape index (κ2) is 6.52. The number of rotatable bonds is 3. The zero-order valence-electron chi connectivity index (χ0n) is 17.1. The number of ether oxygens (including phenoxy) is 2. The Morgan fingerprint density at radius 3 is 2.67 bits per heavy atom. The first-order valence-electron chi connectivity index (χ1n) is 10.3. The summed E-state index contributed by atoms with van der Waals surface area (Å²) < 4.78 is 13.4. The zero-order chi connectivity index (χ0) is 19.4. The lowest BCUT2D eigenvalue weighted by Crippen LogP contribution is -2.53. The lowest BCUT2D eigenvalue weighted by atomic mass is 9.67. The largest absolute Gasteiger partial charge is 0.344 e. The molecule has 1 aliphatic carbocycles. The van der Waals surface area contributed by atoms with Crippen LogP contribution in [0.25, 0.3) is 6.08 Å². The lowest BCUT2D eigenvalue weighted by molar-refractivity contribution is -0.331. The fraction of sp³-hybridized carbons (Fsp3) is 0.652. The van der Waals surface area contributed by atoms with E-state index < -0.39 is 5.79 Å². The van der Waals surface area contributed by atoms with Crippen LogP contribution in [-0.2, 0) is 9.47 Å². The standard InChI is InChI=1S/C23H31NO3/c1-6-7-17-15(3)23(13-12-22(4,5)27-23)26-21-18-10-11-20(24-25)14(2)16(18)8-9-19(17)21/h8-11,15,17,19,21H,6-7,12-13H2,1-5H3/t15-,17+,19?,21?,23-/m0/s1. The van der Waals surface area contributed by atoms with Gasteiger partial charge in [0, 0.05) is 18.3 Å². The van der Waals surface area contributed by atoms with E-state index >= 15 is 0 Å². The van der Waals surface area contributed by atoms with Gasteiger partial charge in [-0.05, 0) is 67.5 Å². The third-order valence-corrected chi connectivity index (χ3v) is 7.06. The summed E-state index contributed by atoms with van der Waals surface area (Å²) in [6, 6.07) is 3.87. The molecule has 1 aromatic rings. The number of nitroso groups, excluding NO2 is 1. The minimum Gasteiger partial charge on any atom is -0.344 e. The number of nitrogens with zero attached hydrogens (tertiary/aromatic N) is 1. The summed E-state index contributed by atoms with van der Waals surface area (Å²) in [6.45, 7) is 10.9. The van der Waals surface area contributed by atoms with E-state index in [1.807, 2.05) is 19.1 Å². The minimum atomic E-state index is -0.511. The van der Waals surface area contributed by atoms with Crippen LogP contribution in [0.5, 0.6) is 0 Å². The fourth-order valence-electron chi connectivity index (χ4n) is 5.54. The highest BCUT2D eigenvalue weighted by atomic mass is 16.7. The fourth-order valence-corrected chi connectivity index (χ4v) is 5.54. The second-order valence-electron chi connectivity index (χ2n) is 9.19. The number of hydrogen-bond donors (Lipinski definition) is 0. The molecule has 4 nitrogen and oxygen atoms in total. The monoisotopic (exact) mass is 369 g/mol. The van der Waals surface area contributed by atoms with Crippen molar-refractivity contribution in [1.82, 2.24) is 0 Å². The molecule has 0 saturated carbocycles. The van der Waals surface area contributed by atoms with Gasteiger partial charge >= 0.3 is 0 Å². The van der Waals surface area contributed by atoms with Gasteiger partial charge in [-0.25, -0.2) is 0 Å². The third-order valence-electron chi connectivity index (χ3n) is 7.06. The van der Waals surface area contributed by atoms with Gasteiger partial charge in [0.15, 0.2) is 5.79 Å². The maximum atomic E-state index is 11.1. The van der Waals surface area contributed by atoms with E-state index in [0.29, 0.717) is 23.4 Å². The van der Waals surface area contributed by atoms with Crippen LogP contribution in [0.1, 0.15) is 76.2 Å². The van der Waals surface area contributed by atoms with Crippen LogP contribution in [0.3, 0.4) is 0 Å². The summed E-state index contributed by atoms with van der Waals surface area (Å²) in [7, 11) is 0. The van der Waals surface area contributed by atoms with E-state index in [1.54, 1.807) is 0 Å². The molecule has 2 fully saturated rings. The molecule has 3 aliphatic rings. The van der Waals surface area contributed by atoms with Gasteiger partial charge in [-0.15, -0.1) is 4.91 Å². The van der Waals surface area contributed by atoms with Gasteiger partial charge in [0.05, 0.1) is 11.7 Å². The van der Waals surface area contributed by atoms with Gasteiger partial charge in [0.1, 0.15) is 5.69 Å². The Morgan fingerprint density at radius 2 is 2.04 bits per heavy atom. The number of benzene rings is 1. The van der Waals surface area contributed by atoms with Crippen molar-refractivity contribution in [3.05, 3.63) is 39.8 Å². The van der Waals surface area contributed by atoms with Gasteiger partial charge in [0.2, 0.25) is 0 Å². The van der Waals surface area contributed by atoms with Gasteiger partial charge < -0.3 is 9.47 Å². The highest BCUT2D eigenvalue weighted by Gasteiger charge is 2.58. The maximum Gasteiger partial charge on any atom is 0.172 e. The molecule has 2 aliphatic heterocycles. The number of hydrogen-bond acceptors (Lipinski definition) is 4. The average molecular weight is 370 g/mol. The first-order chi connectivity index (χ1) is 12.8. The van der Waals surface area contributed by atoms with Gasteiger partial charge in [-0.3, -0.25) is 0 Å². The van der Waals surface area contributed by atoms with Crippen LogP contribution in [0.4, 0.5) is 5.69 Å². The summed E-state index contributed by atoms with van der Waals surface area (Å²) >= 11 is 0. The van der Waals surface area contributed by atoms with Crippen molar-refractivity contribution in [2.75, 3.05) is 0 Å². The minimum absolute atomic E-state index is 0.0222. The van der Waals surface area contributed by atoms with Crippen LogP contribution in [0, 0.1) is 29.6 Å². The predicted octanol–water partition coefficient (Wildman–Crippen LogP) is 6.44. The van der Waals surface area contributed by atoms with Crippen molar-refractivity contribution in [3.63, 3.8) is 0 Å². The first kappa shape index (κ1) is 18.8. The van der Waals surface area contributed by atoms with Crippen molar-refractivity contribution < 1.29 is 9.47 Å². The van der Waals surface area contributed by atoms with Crippen molar-refractivity contribution >= 4 is 11.8 Å². The third kappa shape index (κ3) is 2.89. The maximum absolute atomic E-state index is 11.1. The van der Waals surface area contributed by atoms with E-state index in [2.05, 4.69) is 45.0 Å². The SMILES string of the molecule is CCC[C@H]1C2C=Cc3c(ccc(N=O)c3C)C2O[C@]2(CCC(C)(C)O2)[C@H]1C. The van der Waals surface area contributed by atoms with Crippen molar-refractivity contribution in [3.8, 4) is 0 Å². The van der Waals surface area contributed by atoms with Crippen molar-refractivity contribution in [1.29, 1.82) is 0 Å². The lowest BCUT2D eigenvalue weighted by Gasteiger charge is -2.52. The highest BCUT2D eigenvalue weighted by molar-refractivity contribution is 5.68. The summed E-state index contributed by atoms with van der Waals surface area (Å²) in [5, 5.41) is 3.18. The molecule has 0 amide bonds. The van der Waals surface area contributed by atoms with Gasteiger partial charge in [0.25, 0.3) is 0 Å². The normalized spacial score (nSPS) is 36.5. The van der Waals surface area contributed by atoms with Crippen LogP contribution in [0.15, 0.2) is 23.4 Å². The second-order valence-corrected chi connectivity index (χ2v) is 9.19. The molecular formula is C23H31NO3. The van der Waals surface area contributed by atoms with Crippen LogP contribution < -0.4 is 0 Å². The predicted molar refractivity (Wildman–Crippen MR) is 108 cm³/mol. The Kier molecular flexibility index (Phi) is 4.55. The van der Waals surface area contributed by atoms with Crippen LogP contribution in [-0.4, -0.2) is 11.4 Å². The van der Waals surface area contributed by atoms with Crippen LogP contribution >= 0.6 is 0 Å². The topological polar surface area (TPSA) is 47.9 Å². The van der Waals surface area contributed by atoms with E-state index in [1.165, 1.54) is 12.0 Å². The quantitative estimate of drug-likeness (QED) is 0.576. The molecule has 1 spiro atoms. The summed E-state index contributed by atoms with van der Waals surface area (Å²) in [4.78, 5) is 11.1. The summed E-state index contributed by atoms with van der Waals surface area (Å²) in [5.74, 6) is 0.711. The Hall–Kier alpha value is -1.52. The summed E-state index contributed by atoms with van der Waals surface area (Å²) in [5.41, 5.74) is 3.57. The Morgan fingerprint density at radius 1 is 1.26 bits per heavy atom.